The van der Waals surface area contributed by atoms with Crippen molar-refractivity contribution in [3.05, 3.63) is 51.4 Å². The smallest absolute Gasteiger partial charge is 0.226 e. The van der Waals surface area contributed by atoms with E-state index in [4.69, 9.17) is 17.3 Å². The summed E-state index contributed by atoms with van der Waals surface area (Å²) in [6.45, 7) is 19.4. The molecular formula is C28H48Br2ClI2N3O2. The number of rotatable bonds is 2. The number of ketones is 1. The van der Waals surface area contributed by atoms with E-state index in [1.807, 2.05) is 40.7 Å². The average molecular weight is 908 g/mol. The molecule has 0 aliphatic heterocycles. The van der Waals surface area contributed by atoms with Gasteiger partial charge in [-0.15, -0.1) is 0 Å². The largest absolute Gasteiger partial charge is 0.397 e. The van der Waals surface area contributed by atoms with E-state index in [9.17, 15) is 9.59 Å². The second kappa shape index (κ2) is 28.7. The van der Waals surface area contributed by atoms with Crippen LogP contribution < -0.4 is 5.73 Å². The first kappa shape index (κ1) is 47.9. The Morgan fingerprint density at radius 1 is 0.842 bits per heavy atom. The van der Waals surface area contributed by atoms with Gasteiger partial charge in [0.1, 0.15) is 5.78 Å². The van der Waals surface area contributed by atoms with Crippen LogP contribution in [0.2, 0.25) is 0 Å². The molecule has 0 aliphatic carbocycles. The molecular weight excluding hydrogens is 859 g/mol. The molecule has 0 saturated carbocycles. The normalized spacial score (nSPS) is 9.34. The molecule has 0 radical (unpaired) electrons. The highest BCUT2D eigenvalue weighted by Gasteiger charge is 2.21. The van der Waals surface area contributed by atoms with Gasteiger partial charge in [-0.3, -0.25) is 19.6 Å². The number of hydrogen-bond donors (Lipinski definition) is 1. The molecule has 2 aromatic heterocycles. The highest BCUT2D eigenvalue weighted by molar-refractivity contribution is 14.1. The predicted octanol–water partition coefficient (Wildman–Crippen LogP) is 10.8. The van der Waals surface area contributed by atoms with E-state index in [2.05, 4.69) is 101 Å². The number of nitrogens with zero attached hydrogens (tertiary/aromatic N) is 2. The van der Waals surface area contributed by atoms with Crippen LogP contribution in [0.5, 0.6) is 0 Å². The second-order valence-corrected chi connectivity index (χ2v) is 14.1. The van der Waals surface area contributed by atoms with Gasteiger partial charge in [-0.05, 0) is 70.0 Å². The molecule has 2 rings (SSSR count). The van der Waals surface area contributed by atoms with Crippen molar-refractivity contribution in [1.82, 2.24) is 9.97 Å². The number of aromatic nitrogens is 2. The Kier molecular flexibility index (Phi) is 36.1. The molecule has 222 valence electrons. The van der Waals surface area contributed by atoms with Crippen LogP contribution in [0.1, 0.15) is 82.2 Å². The molecule has 2 heterocycles. The summed E-state index contributed by atoms with van der Waals surface area (Å²) in [6.07, 6.45) is 7.19. The Labute approximate surface area is 282 Å². The first-order chi connectivity index (χ1) is 17.0. The third kappa shape index (κ3) is 34.2. The maximum Gasteiger partial charge on any atom is 0.226 e. The molecule has 0 bridgehead atoms. The molecule has 0 spiro atoms. The van der Waals surface area contributed by atoms with Crippen molar-refractivity contribution in [3.63, 3.8) is 0 Å². The second-order valence-electron chi connectivity index (χ2n) is 8.86. The van der Waals surface area contributed by atoms with Gasteiger partial charge in [-0.1, -0.05) is 122 Å². The van der Waals surface area contributed by atoms with E-state index < -0.39 is 0 Å². The van der Waals surface area contributed by atoms with Crippen molar-refractivity contribution < 1.29 is 9.59 Å². The van der Waals surface area contributed by atoms with Crippen LogP contribution in [0.3, 0.4) is 0 Å². The lowest BCUT2D eigenvalue weighted by molar-refractivity contribution is -0.125. The Hall–Kier alpha value is 0.150. The molecule has 0 aliphatic rings. The molecule has 5 nitrogen and oxygen atoms in total. The lowest BCUT2D eigenvalue weighted by Crippen LogP contribution is -2.22. The highest BCUT2D eigenvalue weighted by atomic mass is 127. The molecule has 0 atom stereocenters. The monoisotopic (exact) mass is 905 g/mol. The number of nitrogens with two attached hydrogens (primary N) is 1. The van der Waals surface area contributed by atoms with Crippen LogP contribution in [-0.2, 0) is 16.0 Å². The molecule has 2 N–H and O–H groups in total. The fourth-order valence-electron chi connectivity index (χ4n) is 1.43. The number of alkyl halides is 2. The van der Waals surface area contributed by atoms with Crippen molar-refractivity contribution in [3.8, 4) is 0 Å². The number of carbonyl (C=O) groups is 2. The first-order valence-corrected chi connectivity index (χ1v) is 16.8. The molecule has 0 amide bonds. The summed E-state index contributed by atoms with van der Waals surface area (Å²) in [7, 11) is 0. The van der Waals surface area contributed by atoms with E-state index in [-0.39, 0.29) is 29.3 Å². The van der Waals surface area contributed by atoms with Crippen molar-refractivity contribution in [2.75, 3.05) is 14.6 Å². The molecule has 0 saturated heterocycles. The minimum atomic E-state index is -0.373. The Bertz CT molecular complexity index is 841. The molecule has 38 heavy (non-hydrogen) atoms. The van der Waals surface area contributed by atoms with Crippen LogP contribution in [0.15, 0.2) is 45.9 Å². The van der Waals surface area contributed by atoms with Gasteiger partial charge in [0.25, 0.3) is 0 Å². The average Bonchev–Trinajstić information content (AvgIpc) is 2.76. The zero-order valence-electron chi connectivity index (χ0n) is 23.8. The van der Waals surface area contributed by atoms with Gasteiger partial charge in [0.15, 0.2) is 0 Å². The van der Waals surface area contributed by atoms with Gasteiger partial charge in [-0.25, -0.2) is 0 Å². The van der Waals surface area contributed by atoms with Crippen LogP contribution in [0.4, 0.5) is 5.69 Å². The Balaban J connectivity index is -0.000000130. The fraction of sp³-hybridized carbons (Fsp3) is 0.571. The number of anilines is 1. The summed E-state index contributed by atoms with van der Waals surface area (Å²) < 4.78 is 4.27. The number of hydrogen-bond acceptors (Lipinski definition) is 5. The van der Waals surface area contributed by atoms with E-state index in [1.54, 1.807) is 51.6 Å². The number of Topliss-reactive ketones (excluding diaryl/α,β-unsaturated/α-hetero) is 1. The minimum absolute atomic E-state index is 0. The number of pyridine rings is 2. The van der Waals surface area contributed by atoms with E-state index >= 15 is 0 Å². The van der Waals surface area contributed by atoms with Crippen LogP contribution in [-0.4, -0.2) is 29.8 Å². The van der Waals surface area contributed by atoms with Gasteiger partial charge in [0.05, 0.1) is 5.69 Å². The standard InChI is InChI=1S/C11H14BrNO.C5H5BrN2.C5H9ClO.2C2H5I.C2H6.CH4/c1-11(2,3)10(14)5-8-4-9(12)7-13-6-8;6-4-1-5(7)3-8-2-4;1-5(2,3)4(6)7;2*1-2-3;1-2;/h4,6-7H,5H2,1-3H3;1-3H,7H2;1-3H3;2*2H2,1H3;1-2H3;1H4. The van der Waals surface area contributed by atoms with Gasteiger partial charge in [-0.2, -0.15) is 0 Å². The van der Waals surface area contributed by atoms with Gasteiger partial charge in [0.2, 0.25) is 5.24 Å². The van der Waals surface area contributed by atoms with Crippen LogP contribution in [0.25, 0.3) is 0 Å². The van der Waals surface area contributed by atoms with Crippen molar-refractivity contribution in [2.45, 2.75) is 83.1 Å². The first-order valence-electron chi connectivity index (χ1n) is 11.8. The quantitative estimate of drug-likeness (QED) is 0.184. The van der Waals surface area contributed by atoms with E-state index in [0.717, 1.165) is 14.5 Å². The molecule has 10 heteroatoms. The zero-order valence-corrected chi connectivity index (χ0v) is 32.0. The third-order valence-corrected chi connectivity index (χ3v) is 4.71. The van der Waals surface area contributed by atoms with E-state index in [1.165, 1.54) is 8.86 Å². The summed E-state index contributed by atoms with van der Waals surface area (Å²) in [5, 5.41) is -0.285. The van der Waals surface area contributed by atoms with Crippen LogP contribution >= 0.6 is 88.6 Å². The Morgan fingerprint density at radius 3 is 1.42 bits per heavy atom. The molecule has 0 fully saturated rings. The summed E-state index contributed by atoms with van der Waals surface area (Å²) >= 11 is 16.2. The number of carbonyl (C=O) groups excluding carboxylic acids is 2. The predicted molar refractivity (Wildman–Crippen MR) is 194 cm³/mol. The van der Waals surface area contributed by atoms with Crippen molar-refractivity contribution in [2.24, 2.45) is 10.8 Å². The minimum Gasteiger partial charge on any atom is -0.397 e. The maximum absolute atomic E-state index is 11.7. The van der Waals surface area contributed by atoms with Crippen LogP contribution in [0, 0.1) is 10.8 Å². The maximum atomic E-state index is 11.7. The van der Waals surface area contributed by atoms with Gasteiger partial charge < -0.3 is 5.73 Å². The zero-order chi connectivity index (χ0) is 30.2. The van der Waals surface area contributed by atoms with Crippen molar-refractivity contribution in [1.29, 1.82) is 0 Å². The lowest BCUT2D eigenvalue weighted by Gasteiger charge is -2.16. The number of nitrogen functional groups attached to an aromatic ring is 1. The topological polar surface area (TPSA) is 85.9 Å². The fourth-order valence-corrected chi connectivity index (χ4v) is 2.23. The Morgan fingerprint density at radius 2 is 1.18 bits per heavy atom. The summed E-state index contributed by atoms with van der Waals surface area (Å²) in [5.74, 6) is 0.234. The summed E-state index contributed by atoms with van der Waals surface area (Å²) in [6, 6.07) is 3.73. The molecule has 0 aromatic carbocycles. The van der Waals surface area contributed by atoms with Crippen molar-refractivity contribution >= 4 is 105 Å². The summed E-state index contributed by atoms with van der Waals surface area (Å²) in [4.78, 5) is 29.8. The van der Waals surface area contributed by atoms with Gasteiger partial charge >= 0.3 is 0 Å². The lowest BCUT2D eigenvalue weighted by atomic mass is 9.87. The van der Waals surface area contributed by atoms with Gasteiger partial charge in [0, 0.05) is 51.0 Å². The summed E-state index contributed by atoms with van der Waals surface area (Å²) in [5.41, 5.74) is 6.35. The van der Waals surface area contributed by atoms with E-state index in [0.29, 0.717) is 12.1 Å². The SMILES string of the molecule is C.CC.CC(C)(C)C(=O)Cc1cncc(Br)c1.CC(C)(C)C(=O)Cl.CCI.CCI.Nc1cncc(Br)c1. The highest BCUT2D eigenvalue weighted by Crippen LogP contribution is 2.19. The molecule has 0 unspecified atom stereocenters. The molecule has 2 aromatic rings. The number of halogens is 5. The third-order valence-electron chi connectivity index (χ3n) is 3.28.